The first-order valence-corrected chi connectivity index (χ1v) is 10.2. The van der Waals surface area contributed by atoms with E-state index in [4.69, 9.17) is 4.74 Å². The van der Waals surface area contributed by atoms with Gasteiger partial charge in [0, 0.05) is 34.6 Å². The monoisotopic (exact) mass is 395 g/mol. The fraction of sp³-hybridized carbons (Fsp3) is 0.273. The highest BCUT2D eigenvalue weighted by Gasteiger charge is 2.15. The van der Waals surface area contributed by atoms with Gasteiger partial charge < -0.3 is 4.74 Å². The molecule has 0 aliphatic rings. The van der Waals surface area contributed by atoms with Gasteiger partial charge in [-0.25, -0.2) is 9.37 Å². The Morgan fingerprint density at radius 3 is 2.82 bits per heavy atom. The molecule has 0 bridgehead atoms. The summed E-state index contributed by atoms with van der Waals surface area (Å²) in [4.78, 5) is 4.37. The van der Waals surface area contributed by atoms with Crippen LogP contribution in [0.5, 0.6) is 5.75 Å². The van der Waals surface area contributed by atoms with Crippen LogP contribution in [0.3, 0.4) is 0 Å². The molecule has 4 nitrogen and oxygen atoms in total. The number of aromatic amines is 1. The summed E-state index contributed by atoms with van der Waals surface area (Å²) in [7, 11) is 0. The number of hydrogen-bond acceptors (Lipinski definition) is 4. The van der Waals surface area contributed by atoms with E-state index in [0.717, 1.165) is 28.0 Å². The summed E-state index contributed by atoms with van der Waals surface area (Å²) < 4.78 is 20.0. The third-order valence-corrected chi connectivity index (χ3v) is 5.34. The van der Waals surface area contributed by atoms with Crippen molar-refractivity contribution in [1.82, 2.24) is 15.2 Å². The summed E-state index contributed by atoms with van der Waals surface area (Å²) >= 11 is 1.63. The number of rotatable bonds is 7. The highest BCUT2D eigenvalue weighted by molar-refractivity contribution is 7.09. The van der Waals surface area contributed by atoms with Crippen molar-refractivity contribution >= 4 is 22.2 Å². The lowest BCUT2D eigenvalue weighted by atomic mass is 10.00. The van der Waals surface area contributed by atoms with Crippen molar-refractivity contribution in [3.8, 4) is 5.75 Å². The Labute approximate surface area is 167 Å². The highest BCUT2D eigenvalue weighted by Crippen LogP contribution is 2.31. The van der Waals surface area contributed by atoms with Crippen molar-refractivity contribution < 1.29 is 9.13 Å². The number of fused-ring (bicyclic) bond motifs is 1. The van der Waals surface area contributed by atoms with Crippen LogP contribution in [-0.2, 0) is 19.4 Å². The van der Waals surface area contributed by atoms with E-state index in [1.165, 1.54) is 11.6 Å². The topological polar surface area (TPSA) is 50.8 Å². The van der Waals surface area contributed by atoms with E-state index in [2.05, 4.69) is 35.1 Å². The Morgan fingerprint density at radius 2 is 2.07 bits per heavy atom. The maximum Gasteiger partial charge on any atom is 0.148 e. The van der Waals surface area contributed by atoms with E-state index in [9.17, 15) is 4.39 Å². The van der Waals surface area contributed by atoms with E-state index >= 15 is 0 Å². The van der Waals surface area contributed by atoms with Crippen molar-refractivity contribution in [2.75, 3.05) is 0 Å². The van der Waals surface area contributed by atoms with Crippen LogP contribution in [0.2, 0.25) is 0 Å². The van der Waals surface area contributed by atoms with Crippen molar-refractivity contribution in [2.45, 2.75) is 33.3 Å². The number of H-pyrrole nitrogens is 1. The second-order valence-corrected chi connectivity index (χ2v) is 8.25. The fourth-order valence-corrected chi connectivity index (χ4v) is 3.92. The zero-order valence-corrected chi connectivity index (χ0v) is 16.7. The number of hydrogen-bond donors (Lipinski definition) is 1. The van der Waals surface area contributed by atoms with Crippen molar-refractivity contribution in [1.29, 1.82) is 0 Å². The molecule has 2 aromatic heterocycles. The summed E-state index contributed by atoms with van der Waals surface area (Å²) in [5, 5.41) is 11.7. The quantitative estimate of drug-likeness (QED) is 0.448. The lowest BCUT2D eigenvalue weighted by molar-refractivity contribution is 0.302. The minimum absolute atomic E-state index is 0.168. The van der Waals surface area contributed by atoms with Gasteiger partial charge in [-0.2, -0.15) is 5.10 Å². The van der Waals surface area contributed by atoms with Gasteiger partial charge in [0.2, 0.25) is 0 Å². The molecule has 4 aromatic rings. The summed E-state index contributed by atoms with van der Waals surface area (Å²) in [5.74, 6) is 0.938. The molecule has 0 unspecified atom stereocenters. The molecule has 28 heavy (non-hydrogen) atoms. The van der Waals surface area contributed by atoms with Gasteiger partial charge in [-0.05, 0) is 36.1 Å². The summed E-state index contributed by atoms with van der Waals surface area (Å²) in [6.45, 7) is 4.55. The molecular formula is C22H22FN3OS. The average Bonchev–Trinajstić information content (AvgIpc) is 3.31. The number of halogens is 1. The predicted octanol–water partition coefficient (Wildman–Crippen LogP) is 5.53. The number of benzene rings is 2. The number of ether oxygens (including phenoxy) is 1. The maximum atomic E-state index is 14.0. The third kappa shape index (κ3) is 4.07. The van der Waals surface area contributed by atoms with Crippen LogP contribution in [-0.4, -0.2) is 15.2 Å². The fourth-order valence-electron chi connectivity index (χ4n) is 3.29. The molecule has 2 heterocycles. The van der Waals surface area contributed by atoms with Crippen molar-refractivity contribution in [2.24, 2.45) is 5.92 Å². The van der Waals surface area contributed by atoms with Gasteiger partial charge >= 0.3 is 0 Å². The summed E-state index contributed by atoms with van der Waals surface area (Å²) in [6, 6.07) is 10.9. The highest BCUT2D eigenvalue weighted by atomic mass is 32.1. The molecule has 0 aliphatic heterocycles. The van der Waals surface area contributed by atoms with Crippen LogP contribution >= 0.6 is 11.3 Å². The van der Waals surface area contributed by atoms with Gasteiger partial charge in [-0.3, -0.25) is 5.10 Å². The van der Waals surface area contributed by atoms with E-state index in [0.29, 0.717) is 23.7 Å². The lowest BCUT2D eigenvalue weighted by Gasteiger charge is -2.11. The first kappa shape index (κ1) is 18.6. The first-order chi connectivity index (χ1) is 13.6. The lowest BCUT2D eigenvalue weighted by Crippen LogP contribution is -2.01. The molecule has 0 saturated heterocycles. The Balaban J connectivity index is 1.69. The molecule has 0 saturated carbocycles. The van der Waals surface area contributed by atoms with E-state index < -0.39 is 0 Å². The molecule has 0 spiro atoms. The second-order valence-electron chi connectivity index (χ2n) is 7.27. The number of thiazole rings is 1. The van der Waals surface area contributed by atoms with Crippen LogP contribution in [0.4, 0.5) is 4.39 Å². The minimum Gasteiger partial charge on any atom is -0.486 e. The molecular weight excluding hydrogens is 373 g/mol. The first-order valence-electron chi connectivity index (χ1n) is 9.34. The van der Waals surface area contributed by atoms with E-state index in [1.54, 1.807) is 23.5 Å². The van der Waals surface area contributed by atoms with E-state index in [-0.39, 0.29) is 12.4 Å². The molecule has 0 atom stereocenters. The van der Waals surface area contributed by atoms with Gasteiger partial charge in [-0.1, -0.05) is 32.0 Å². The van der Waals surface area contributed by atoms with Crippen LogP contribution in [0.1, 0.15) is 35.7 Å². The molecule has 4 rings (SSSR count). The van der Waals surface area contributed by atoms with Crippen molar-refractivity contribution in [3.05, 3.63) is 75.6 Å². The van der Waals surface area contributed by atoms with Crippen LogP contribution in [0, 0.1) is 11.7 Å². The standard InChI is InChI=1S/C22H22FN3OS/c1-14(2)9-15-10-17-19(12-21-24-7-8-28-21)25-26-22(17)20(11-15)27-13-16-5-3-4-6-18(16)23/h3-8,10-11,14H,9,12-13H2,1-2H3,(H,25,26). The Hall–Kier alpha value is -2.73. The predicted molar refractivity (Wildman–Crippen MR) is 110 cm³/mol. The zero-order valence-electron chi connectivity index (χ0n) is 15.9. The van der Waals surface area contributed by atoms with Crippen LogP contribution in [0.15, 0.2) is 48.0 Å². The van der Waals surface area contributed by atoms with Gasteiger partial charge in [0.1, 0.15) is 23.7 Å². The molecule has 0 aliphatic carbocycles. The largest absolute Gasteiger partial charge is 0.486 e. The Morgan fingerprint density at radius 1 is 1.21 bits per heavy atom. The van der Waals surface area contributed by atoms with Gasteiger partial charge in [0.15, 0.2) is 0 Å². The van der Waals surface area contributed by atoms with Gasteiger partial charge in [0.05, 0.1) is 5.01 Å². The van der Waals surface area contributed by atoms with E-state index in [1.807, 2.05) is 23.7 Å². The molecule has 0 amide bonds. The normalized spacial score (nSPS) is 11.4. The number of nitrogens with zero attached hydrogens (tertiary/aromatic N) is 2. The summed E-state index contributed by atoms with van der Waals surface area (Å²) in [6.07, 6.45) is 3.45. The number of aromatic nitrogens is 3. The maximum absolute atomic E-state index is 14.0. The third-order valence-electron chi connectivity index (χ3n) is 4.56. The molecule has 6 heteroatoms. The molecule has 0 fully saturated rings. The smallest absolute Gasteiger partial charge is 0.148 e. The molecule has 144 valence electrons. The summed E-state index contributed by atoms with van der Waals surface area (Å²) in [5.41, 5.74) is 3.51. The van der Waals surface area contributed by atoms with Crippen LogP contribution < -0.4 is 4.74 Å². The number of nitrogens with one attached hydrogen (secondary N) is 1. The van der Waals surface area contributed by atoms with Gasteiger partial charge in [-0.15, -0.1) is 11.3 Å². The van der Waals surface area contributed by atoms with Gasteiger partial charge in [0.25, 0.3) is 0 Å². The van der Waals surface area contributed by atoms with Crippen molar-refractivity contribution in [3.63, 3.8) is 0 Å². The van der Waals surface area contributed by atoms with Crippen LogP contribution in [0.25, 0.3) is 10.9 Å². The molecule has 1 N–H and O–H groups in total. The molecule has 2 aromatic carbocycles. The Kier molecular flexibility index (Phi) is 5.39. The Bertz CT molecular complexity index is 1070. The minimum atomic E-state index is -0.261. The SMILES string of the molecule is CC(C)Cc1cc(OCc2ccccc2F)c2n[nH]c(Cc3nccs3)c2c1. The molecule has 0 radical (unpaired) electrons. The second kappa shape index (κ2) is 8.10. The average molecular weight is 396 g/mol. The zero-order chi connectivity index (χ0) is 19.5.